The first-order valence-corrected chi connectivity index (χ1v) is 9.15. The minimum Gasteiger partial charge on any atom is -0.442 e. The number of ether oxygens (including phenoxy) is 2. The van der Waals surface area contributed by atoms with Crippen LogP contribution in [0, 0.1) is 16.7 Å². The van der Waals surface area contributed by atoms with Crippen LogP contribution in [0.5, 0.6) is 0 Å². The Balaban J connectivity index is 1.38. The van der Waals surface area contributed by atoms with Crippen molar-refractivity contribution in [1.29, 1.82) is 0 Å². The number of carbonyl (C=O) groups excluding carboxylic acids is 1. The predicted molar refractivity (Wildman–Crippen MR) is 100 cm³/mol. The first-order valence-electron chi connectivity index (χ1n) is 9.15. The fourth-order valence-electron chi connectivity index (χ4n) is 4.91. The molecule has 130 valence electrons. The normalized spacial score (nSPS) is 28.6. The number of fused-ring (bicyclic) bond motifs is 1. The zero-order valence-corrected chi connectivity index (χ0v) is 15.6. The average Bonchev–Trinajstić information content (AvgIpc) is 3.42. The molecule has 0 bridgehead atoms. The Morgan fingerprint density at radius 2 is 1.65 bits per heavy atom. The molecule has 1 N–H and O–H groups in total. The summed E-state index contributed by atoms with van der Waals surface area (Å²) in [5, 5.41) is -1.91. The van der Waals surface area contributed by atoms with E-state index in [0.29, 0.717) is 0 Å². The van der Waals surface area contributed by atoms with Gasteiger partial charge in [-0.1, -0.05) is 5.21 Å². The highest BCUT2D eigenvalue weighted by molar-refractivity contribution is 6.54. The van der Waals surface area contributed by atoms with E-state index >= 15 is 0 Å². The van der Waals surface area contributed by atoms with Crippen LogP contribution in [-0.2, 0) is 9.47 Å². The van der Waals surface area contributed by atoms with Crippen LogP contribution >= 0.6 is 0 Å². The summed E-state index contributed by atoms with van der Waals surface area (Å²) in [4.78, 5) is 12.1. The van der Waals surface area contributed by atoms with E-state index in [0.717, 1.165) is 25.7 Å². The fraction of sp³-hybridized carbons (Fsp3) is 0.824. The van der Waals surface area contributed by atoms with Crippen LogP contribution in [0.2, 0.25) is 5.21 Å². The summed E-state index contributed by atoms with van der Waals surface area (Å²) in [5.41, 5.74) is 2.68. The number of rotatable bonds is 4. The van der Waals surface area contributed by atoms with Crippen molar-refractivity contribution in [3.8, 4) is 0 Å². The molecule has 26 heavy (non-hydrogen) atoms. The number of nitrogens with one attached hydrogen (secondary N) is 1. The number of carbonyl (C=O) groups is 1. The maximum absolute atomic E-state index is 12.1. The maximum atomic E-state index is 12.1. The van der Waals surface area contributed by atoms with E-state index in [1.165, 1.54) is 11.2 Å². The van der Waals surface area contributed by atoms with Crippen LogP contribution in [0.15, 0.2) is 12.3 Å². The van der Waals surface area contributed by atoms with Crippen LogP contribution in [-0.4, -0.2) is 59.7 Å². The molecule has 1 heterocycles. The summed E-state index contributed by atoms with van der Waals surface area (Å²) in [5.74, 6) is 0.0739. The van der Waals surface area contributed by atoms with Gasteiger partial charge in [-0.2, -0.15) is 5.43 Å². The highest BCUT2D eigenvalue weighted by atomic mass is 16.6. The van der Waals surface area contributed by atoms with Gasteiger partial charge in [0.1, 0.15) is 11.8 Å². The summed E-state index contributed by atoms with van der Waals surface area (Å²) in [7, 11) is 25.3. The predicted octanol–water partition coefficient (Wildman–Crippen LogP) is 1.23. The SMILES string of the molecule is [B]C([B])(OC1C=CN(C(=O)OC(C)(C)C)N1)C([B])([B])C1C2(CC2)C12CC2. The molecule has 1 unspecified atom stereocenters. The van der Waals surface area contributed by atoms with Gasteiger partial charge in [0, 0.05) is 6.20 Å². The summed E-state index contributed by atoms with van der Waals surface area (Å²) >= 11 is 0. The van der Waals surface area contributed by atoms with Crippen molar-refractivity contribution in [2.45, 2.75) is 68.9 Å². The lowest BCUT2D eigenvalue weighted by Gasteiger charge is -2.46. The summed E-state index contributed by atoms with van der Waals surface area (Å²) in [6.07, 6.45) is 6.38. The minimum absolute atomic E-state index is 0.0739. The van der Waals surface area contributed by atoms with E-state index in [1.54, 1.807) is 26.8 Å². The fourth-order valence-corrected chi connectivity index (χ4v) is 4.91. The van der Waals surface area contributed by atoms with Crippen molar-refractivity contribution in [1.82, 2.24) is 10.4 Å². The molecule has 4 rings (SSSR count). The van der Waals surface area contributed by atoms with Crippen LogP contribution in [0.4, 0.5) is 4.79 Å². The molecule has 0 aromatic carbocycles. The molecule has 4 aliphatic rings. The van der Waals surface area contributed by atoms with E-state index in [-0.39, 0.29) is 16.7 Å². The molecule has 5 nitrogen and oxygen atoms in total. The highest BCUT2D eigenvalue weighted by Crippen LogP contribution is 2.96. The highest BCUT2D eigenvalue weighted by Gasteiger charge is 2.88. The molecule has 0 saturated heterocycles. The Bertz CT molecular complexity index is 647. The Kier molecular flexibility index (Phi) is 3.68. The molecule has 3 fully saturated rings. The summed E-state index contributed by atoms with van der Waals surface area (Å²) in [6.45, 7) is 5.37. The number of hydrazine groups is 1. The molecule has 9 heteroatoms. The van der Waals surface area contributed by atoms with Crippen molar-refractivity contribution in [3.63, 3.8) is 0 Å². The third-order valence-corrected chi connectivity index (χ3v) is 6.33. The van der Waals surface area contributed by atoms with Gasteiger partial charge in [0.25, 0.3) is 0 Å². The lowest BCUT2D eigenvalue weighted by molar-refractivity contribution is -0.0288. The molecular weight excluding hydrogens is 323 g/mol. The van der Waals surface area contributed by atoms with Gasteiger partial charge in [0.05, 0.1) is 31.4 Å². The van der Waals surface area contributed by atoms with Gasteiger partial charge in [-0.05, 0) is 74.7 Å². The van der Waals surface area contributed by atoms with E-state index in [9.17, 15) is 4.79 Å². The van der Waals surface area contributed by atoms with Gasteiger partial charge >= 0.3 is 6.09 Å². The molecular formula is C17H22B4N2O3. The zero-order chi connectivity index (χ0) is 19.2. The van der Waals surface area contributed by atoms with Crippen molar-refractivity contribution in [2.24, 2.45) is 16.7 Å². The second kappa shape index (κ2) is 5.16. The lowest BCUT2D eigenvalue weighted by Crippen LogP contribution is -2.54. The van der Waals surface area contributed by atoms with Crippen molar-refractivity contribution in [3.05, 3.63) is 12.3 Å². The van der Waals surface area contributed by atoms with Gasteiger partial charge in [0.2, 0.25) is 0 Å². The molecule has 1 atom stereocenters. The van der Waals surface area contributed by atoms with E-state index < -0.39 is 28.5 Å². The zero-order valence-electron chi connectivity index (χ0n) is 15.6. The van der Waals surface area contributed by atoms with E-state index in [1.807, 2.05) is 0 Å². The molecule has 1 amide bonds. The number of nitrogens with zero attached hydrogens (tertiary/aromatic N) is 1. The first kappa shape index (κ1) is 18.5. The molecule has 3 saturated carbocycles. The standard InChI is InChI=1S/C17H22B4N2O3/c1-13(2,3)26-12(24)23-9-4-10(22-23)25-17(20,21)16(18,19)11-14(5-6-14)15(11)7-8-15/h4,9-11,22H,5-8H2,1-3H3. The smallest absolute Gasteiger partial charge is 0.429 e. The van der Waals surface area contributed by atoms with Gasteiger partial charge in [0.15, 0.2) is 0 Å². The number of amides is 1. The molecule has 3 aliphatic carbocycles. The van der Waals surface area contributed by atoms with Crippen LogP contribution in [0.1, 0.15) is 46.5 Å². The number of hydrogen-bond donors (Lipinski definition) is 1. The monoisotopic (exact) mass is 346 g/mol. The van der Waals surface area contributed by atoms with Crippen molar-refractivity contribution in [2.75, 3.05) is 0 Å². The van der Waals surface area contributed by atoms with Crippen LogP contribution in [0.25, 0.3) is 0 Å². The second-order valence-electron chi connectivity index (χ2n) is 9.33. The maximum Gasteiger partial charge on any atom is 0.429 e. The average molecular weight is 346 g/mol. The molecule has 0 aromatic rings. The largest absolute Gasteiger partial charge is 0.442 e. The molecule has 8 radical (unpaired) electrons. The summed E-state index contributed by atoms with van der Waals surface area (Å²) in [6, 6.07) is 0. The lowest BCUT2D eigenvalue weighted by atomic mass is 9.33. The molecule has 2 spiro atoms. The quantitative estimate of drug-likeness (QED) is 0.779. The first-order chi connectivity index (χ1) is 11.8. The van der Waals surface area contributed by atoms with Gasteiger partial charge < -0.3 is 9.47 Å². The van der Waals surface area contributed by atoms with Crippen LogP contribution in [0.3, 0.4) is 0 Å². The third kappa shape index (κ3) is 2.61. The second-order valence-corrected chi connectivity index (χ2v) is 9.33. The summed E-state index contributed by atoms with van der Waals surface area (Å²) < 4.78 is 11.1. The number of hydrogen-bond acceptors (Lipinski definition) is 4. The Hall–Kier alpha value is -0.810. The molecule has 0 aromatic heterocycles. The van der Waals surface area contributed by atoms with Gasteiger partial charge in [-0.25, -0.2) is 9.80 Å². The minimum atomic E-state index is -1.74. The van der Waals surface area contributed by atoms with Gasteiger partial charge in [-0.15, -0.1) is 0 Å². The Labute approximate surface area is 160 Å². The van der Waals surface area contributed by atoms with Crippen LogP contribution < -0.4 is 5.43 Å². The van der Waals surface area contributed by atoms with Crippen molar-refractivity contribution >= 4 is 37.5 Å². The Morgan fingerprint density at radius 3 is 2.12 bits per heavy atom. The topological polar surface area (TPSA) is 50.8 Å². The van der Waals surface area contributed by atoms with E-state index in [4.69, 9.17) is 40.9 Å². The Morgan fingerprint density at radius 1 is 1.12 bits per heavy atom. The third-order valence-electron chi connectivity index (χ3n) is 6.33. The molecule has 1 aliphatic heterocycles. The van der Waals surface area contributed by atoms with Gasteiger partial charge in [-0.3, -0.25) is 0 Å². The van der Waals surface area contributed by atoms with Crippen molar-refractivity contribution < 1.29 is 14.3 Å². The van der Waals surface area contributed by atoms with E-state index in [2.05, 4.69) is 5.43 Å².